The van der Waals surface area contributed by atoms with Crippen molar-refractivity contribution in [2.45, 2.75) is 19.3 Å². The average Bonchev–Trinajstić information content (AvgIpc) is 2.31. The van der Waals surface area contributed by atoms with Crippen molar-refractivity contribution in [2.75, 3.05) is 6.54 Å². The average molecular weight is 137 g/mol. The molecule has 0 bridgehead atoms. The molecule has 0 aliphatic carbocycles. The molecule has 3 nitrogen and oxygen atoms in total. The SMILES string of the molecule is N#CC[CH]N1CCCC1=O. The molecule has 0 aromatic rings. The van der Waals surface area contributed by atoms with Crippen LogP contribution < -0.4 is 0 Å². The second-order valence-electron chi connectivity index (χ2n) is 2.24. The highest BCUT2D eigenvalue weighted by Gasteiger charge is 2.18. The molecule has 0 aromatic heterocycles. The predicted molar refractivity (Wildman–Crippen MR) is 35.5 cm³/mol. The number of likely N-dealkylation sites (tertiary alicyclic amines) is 1. The van der Waals surface area contributed by atoms with Crippen molar-refractivity contribution in [3.63, 3.8) is 0 Å². The lowest BCUT2D eigenvalue weighted by molar-refractivity contribution is -0.126. The van der Waals surface area contributed by atoms with Gasteiger partial charge in [0.25, 0.3) is 0 Å². The van der Waals surface area contributed by atoms with Crippen LogP contribution in [0.5, 0.6) is 0 Å². The summed E-state index contributed by atoms with van der Waals surface area (Å²) in [6.07, 6.45) is 1.91. The van der Waals surface area contributed by atoms with Crippen LogP contribution in [0.3, 0.4) is 0 Å². The summed E-state index contributed by atoms with van der Waals surface area (Å²) in [7, 11) is 0. The van der Waals surface area contributed by atoms with E-state index in [2.05, 4.69) is 0 Å². The fourth-order valence-electron chi connectivity index (χ4n) is 1.01. The zero-order valence-corrected chi connectivity index (χ0v) is 5.71. The number of amides is 1. The molecule has 1 heterocycles. The van der Waals surface area contributed by atoms with Crippen LogP contribution in [0.2, 0.25) is 0 Å². The lowest BCUT2D eigenvalue weighted by Crippen LogP contribution is -2.20. The molecular formula is C7H9N2O. The van der Waals surface area contributed by atoms with Crippen molar-refractivity contribution in [1.29, 1.82) is 5.26 Å². The molecule has 0 spiro atoms. The first-order valence-corrected chi connectivity index (χ1v) is 3.34. The van der Waals surface area contributed by atoms with Crippen LogP contribution in [0, 0.1) is 17.9 Å². The number of carbonyl (C=O) groups excluding carboxylic acids is 1. The highest BCUT2D eigenvalue weighted by Crippen LogP contribution is 2.11. The van der Waals surface area contributed by atoms with Gasteiger partial charge in [-0.1, -0.05) is 0 Å². The van der Waals surface area contributed by atoms with Crippen LogP contribution in [0.1, 0.15) is 19.3 Å². The summed E-state index contributed by atoms with van der Waals surface area (Å²) in [6.45, 7) is 2.45. The van der Waals surface area contributed by atoms with E-state index in [1.807, 2.05) is 6.07 Å². The first kappa shape index (κ1) is 7.07. The molecule has 53 valence electrons. The van der Waals surface area contributed by atoms with Crippen molar-refractivity contribution < 1.29 is 4.79 Å². The van der Waals surface area contributed by atoms with E-state index in [1.54, 1.807) is 11.4 Å². The second kappa shape index (κ2) is 3.21. The largest absolute Gasteiger partial charge is 0.337 e. The van der Waals surface area contributed by atoms with Gasteiger partial charge in [0.05, 0.1) is 19.0 Å². The summed E-state index contributed by atoms with van der Waals surface area (Å²) < 4.78 is 0. The third-order valence-corrected chi connectivity index (χ3v) is 1.51. The Labute approximate surface area is 60.2 Å². The summed E-state index contributed by atoms with van der Waals surface area (Å²) in [6, 6.07) is 1.97. The molecule has 1 aliphatic heterocycles. The topological polar surface area (TPSA) is 44.1 Å². The summed E-state index contributed by atoms with van der Waals surface area (Å²) in [4.78, 5) is 12.5. The van der Waals surface area contributed by atoms with Gasteiger partial charge in [-0.2, -0.15) is 5.26 Å². The van der Waals surface area contributed by atoms with Gasteiger partial charge in [0.1, 0.15) is 0 Å². The van der Waals surface area contributed by atoms with Crippen molar-refractivity contribution in [1.82, 2.24) is 4.90 Å². The zero-order valence-electron chi connectivity index (χ0n) is 5.71. The molecule has 0 N–H and O–H groups in total. The van der Waals surface area contributed by atoms with E-state index in [-0.39, 0.29) is 5.91 Å². The minimum Gasteiger partial charge on any atom is -0.337 e. The van der Waals surface area contributed by atoms with Crippen molar-refractivity contribution in [3.05, 3.63) is 6.54 Å². The van der Waals surface area contributed by atoms with E-state index in [0.717, 1.165) is 13.0 Å². The van der Waals surface area contributed by atoms with Gasteiger partial charge in [-0.25, -0.2) is 0 Å². The van der Waals surface area contributed by atoms with Crippen LogP contribution in [0.15, 0.2) is 0 Å². The highest BCUT2D eigenvalue weighted by molar-refractivity contribution is 5.78. The van der Waals surface area contributed by atoms with Crippen LogP contribution in [-0.2, 0) is 4.79 Å². The number of hydrogen-bond donors (Lipinski definition) is 0. The van der Waals surface area contributed by atoms with Crippen LogP contribution in [0.25, 0.3) is 0 Å². The van der Waals surface area contributed by atoms with Crippen molar-refractivity contribution in [2.24, 2.45) is 0 Å². The van der Waals surface area contributed by atoms with Gasteiger partial charge in [-0.15, -0.1) is 0 Å². The minimum absolute atomic E-state index is 0.148. The number of rotatable bonds is 2. The second-order valence-corrected chi connectivity index (χ2v) is 2.24. The van der Waals surface area contributed by atoms with Crippen LogP contribution in [-0.4, -0.2) is 17.4 Å². The summed E-state index contributed by atoms with van der Waals surface area (Å²) in [5, 5.41) is 8.19. The number of carbonyl (C=O) groups is 1. The maximum Gasteiger partial charge on any atom is 0.222 e. The highest BCUT2D eigenvalue weighted by atomic mass is 16.2. The summed E-state index contributed by atoms with van der Waals surface area (Å²) in [5.74, 6) is 0.148. The molecule has 1 radical (unpaired) electrons. The first-order chi connectivity index (χ1) is 4.84. The molecule has 10 heavy (non-hydrogen) atoms. The maximum atomic E-state index is 10.9. The number of hydrogen-bond acceptors (Lipinski definition) is 2. The third kappa shape index (κ3) is 1.47. The molecule has 1 saturated heterocycles. The van der Waals surface area contributed by atoms with Gasteiger partial charge in [-0.05, 0) is 6.42 Å². The first-order valence-electron chi connectivity index (χ1n) is 3.34. The normalized spacial score (nSPS) is 17.5. The van der Waals surface area contributed by atoms with Crippen LogP contribution in [0.4, 0.5) is 0 Å². The van der Waals surface area contributed by atoms with E-state index >= 15 is 0 Å². The lowest BCUT2D eigenvalue weighted by atomic mass is 10.4. The molecule has 1 aliphatic rings. The smallest absolute Gasteiger partial charge is 0.222 e. The molecule has 0 atom stereocenters. The number of nitriles is 1. The predicted octanol–water partition coefficient (Wildman–Crippen LogP) is 0.684. The maximum absolute atomic E-state index is 10.9. The molecule has 1 rings (SSSR count). The Hall–Kier alpha value is -1.04. The fourth-order valence-corrected chi connectivity index (χ4v) is 1.01. The van der Waals surface area contributed by atoms with E-state index < -0.39 is 0 Å². The molecule has 1 amide bonds. The van der Waals surface area contributed by atoms with Crippen molar-refractivity contribution in [3.8, 4) is 6.07 Å². The van der Waals surface area contributed by atoms with Gasteiger partial charge in [-0.3, -0.25) is 4.79 Å². The van der Waals surface area contributed by atoms with Gasteiger partial charge in [0.15, 0.2) is 0 Å². The van der Waals surface area contributed by atoms with E-state index in [9.17, 15) is 4.79 Å². The van der Waals surface area contributed by atoms with Crippen LogP contribution >= 0.6 is 0 Å². The molecule has 1 fully saturated rings. The fraction of sp³-hybridized carbons (Fsp3) is 0.571. The standard InChI is InChI=1S/C7H9N2O/c8-4-2-6-9-5-1-3-7(9)10/h6H,1-3,5H2. The monoisotopic (exact) mass is 137 g/mol. The molecule has 0 unspecified atom stereocenters. The Kier molecular flexibility index (Phi) is 2.27. The van der Waals surface area contributed by atoms with Gasteiger partial charge >= 0.3 is 0 Å². The summed E-state index contributed by atoms with van der Waals surface area (Å²) in [5.41, 5.74) is 0. The van der Waals surface area contributed by atoms with E-state index in [0.29, 0.717) is 12.8 Å². The molecule has 3 heteroatoms. The van der Waals surface area contributed by atoms with Gasteiger partial charge < -0.3 is 4.90 Å². The Bertz CT molecular complexity index is 171. The molecule has 0 aromatic carbocycles. The van der Waals surface area contributed by atoms with Crippen molar-refractivity contribution >= 4 is 5.91 Å². The Morgan fingerprint density at radius 3 is 3.10 bits per heavy atom. The Morgan fingerprint density at radius 2 is 2.60 bits per heavy atom. The zero-order chi connectivity index (χ0) is 7.40. The number of nitrogens with zero attached hydrogens (tertiary/aromatic N) is 2. The third-order valence-electron chi connectivity index (χ3n) is 1.51. The Balaban J connectivity index is 2.28. The van der Waals surface area contributed by atoms with E-state index in [4.69, 9.17) is 5.26 Å². The minimum atomic E-state index is 0.148. The quantitative estimate of drug-likeness (QED) is 0.561. The van der Waals surface area contributed by atoms with E-state index in [1.165, 1.54) is 0 Å². The summed E-state index contributed by atoms with van der Waals surface area (Å²) >= 11 is 0. The Morgan fingerprint density at radius 1 is 1.80 bits per heavy atom. The lowest BCUT2D eigenvalue weighted by Gasteiger charge is -2.10. The molecule has 0 saturated carbocycles. The molecular weight excluding hydrogens is 128 g/mol. The van der Waals surface area contributed by atoms with Gasteiger partial charge in [0, 0.05) is 13.0 Å². The van der Waals surface area contributed by atoms with Gasteiger partial charge in [0.2, 0.25) is 5.91 Å².